The summed E-state index contributed by atoms with van der Waals surface area (Å²) in [4.78, 5) is 12.6. The van der Waals surface area contributed by atoms with E-state index in [1.54, 1.807) is 6.08 Å². The zero-order valence-corrected chi connectivity index (χ0v) is 49.3. The first-order valence-corrected chi connectivity index (χ1v) is 33.0. The van der Waals surface area contributed by atoms with Crippen molar-refractivity contribution in [3.8, 4) is 0 Å². The molecule has 0 aliphatic rings. The number of allylic oxidation sites excluding steroid dienone is 7. The Hall–Kier alpha value is -1.69. The molecule has 0 rings (SSSR count). The van der Waals surface area contributed by atoms with E-state index in [0.29, 0.717) is 6.42 Å². The molecule has 0 aromatic heterocycles. The SMILES string of the molecule is CCCCCCCCCCCCC/C=C/CC/C=C/CC/C=C/C(O)C(CO)NC(=O)C(O)CCCCCCCCCCCCCCCCCC/C=C\CCCCCCCCCCCCCCCCCCCC. The maximum absolute atomic E-state index is 12.6. The van der Waals surface area contributed by atoms with Crippen LogP contribution < -0.4 is 5.32 Å². The first-order chi connectivity index (χ1) is 36.1. The normalized spacial score (nSPS) is 13.4. The Kier molecular flexibility index (Phi) is 61.4. The summed E-state index contributed by atoms with van der Waals surface area (Å²) in [5, 5.41) is 33.4. The number of aliphatic hydroxyl groups excluding tert-OH is 3. The summed E-state index contributed by atoms with van der Waals surface area (Å²) in [6.07, 6.45) is 85.3. The van der Waals surface area contributed by atoms with Crippen LogP contribution in [-0.2, 0) is 4.79 Å². The molecule has 0 saturated carbocycles. The van der Waals surface area contributed by atoms with E-state index in [1.807, 2.05) is 6.08 Å². The van der Waals surface area contributed by atoms with Crippen LogP contribution in [-0.4, -0.2) is 46.1 Å². The first kappa shape index (κ1) is 71.3. The van der Waals surface area contributed by atoms with Crippen molar-refractivity contribution in [1.29, 1.82) is 0 Å². The molecule has 1 amide bonds. The smallest absolute Gasteiger partial charge is 0.249 e. The highest BCUT2D eigenvalue weighted by Gasteiger charge is 2.22. The summed E-state index contributed by atoms with van der Waals surface area (Å²) in [5.74, 6) is -0.513. The fourth-order valence-corrected chi connectivity index (χ4v) is 10.3. The maximum atomic E-state index is 12.6. The third-order valence-electron chi connectivity index (χ3n) is 15.4. The van der Waals surface area contributed by atoms with Gasteiger partial charge in [0.15, 0.2) is 0 Å². The average molecular weight is 1020 g/mol. The second kappa shape index (κ2) is 62.8. The van der Waals surface area contributed by atoms with Gasteiger partial charge in [0.2, 0.25) is 5.91 Å². The van der Waals surface area contributed by atoms with Crippen LogP contribution in [0.2, 0.25) is 0 Å². The van der Waals surface area contributed by atoms with Gasteiger partial charge < -0.3 is 20.6 Å². The molecule has 3 unspecified atom stereocenters. The molecule has 0 fully saturated rings. The van der Waals surface area contributed by atoms with Gasteiger partial charge in [-0.25, -0.2) is 0 Å². The Morgan fingerprint density at radius 1 is 0.329 bits per heavy atom. The van der Waals surface area contributed by atoms with Crippen LogP contribution in [0.25, 0.3) is 0 Å². The minimum absolute atomic E-state index is 0.380. The molecule has 5 heteroatoms. The maximum Gasteiger partial charge on any atom is 0.249 e. The Balaban J connectivity index is 3.52. The largest absolute Gasteiger partial charge is 0.394 e. The van der Waals surface area contributed by atoms with Crippen molar-refractivity contribution < 1.29 is 20.1 Å². The van der Waals surface area contributed by atoms with Gasteiger partial charge in [0.25, 0.3) is 0 Å². The molecule has 3 atom stereocenters. The van der Waals surface area contributed by atoms with Gasteiger partial charge in [0.1, 0.15) is 6.10 Å². The monoisotopic (exact) mass is 1020 g/mol. The summed E-state index contributed by atoms with van der Waals surface area (Å²) in [5.41, 5.74) is 0. The minimum atomic E-state index is -1.11. The van der Waals surface area contributed by atoms with E-state index in [9.17, 15) is 20.1 Å². The molecule has 0 aliphatic heterocycles. The van der Waals surface area contributed by atoms with E-state index >= 15 is 0 Å². The molecule has 0 radical (unpaired) electrons. The van der Waals surface area contributed by atoms with Gasteiger partial charge in [-0.3, -0.25) is 4.79 Å². The molecular formula is C68H129NO4. The summed E-state index contributed by atoms with van der Waals surface area (Å²) >= 11 is 0. The summed E-state index contributed by atoms with van der Waals surface area (Å²) in [7, 11) is 0. The predicted molar refractivity (Wildman–Crippen MR) is 324 cm³/mol. The average Bonchev–Trinajstić information content (AvgIpc) is 3.40. The summed E-state index contributed by atoms with van der Waals surface area (Å²) in [6, 6.07) is -0.823. The van der Waals surface area contributed by atoms with Crippen molar-refractivity contribution >= 4 is 5.91 Å². The molecule has 0 aromatic rings. The van der Waals surface area contributed by atoms with E-state index in [0.717, 1.165) is 44.9 Å². The highest BCUT2D eigenvalue weighted by molar-refractivity contribution is 5.80. The van der Waals surface area contributed by atoms with Crippen LogP contribution >= 0.6 is 0 Å². The Labute approximate surface area is 457 Å². The summed E-state index contributed by atoms with van der Waals surface area (Å²) in [6.45, 7) is 4.20. The molecule has 5 nitrogen and oxygen atoms in total. The second-order valence-corrected chi connectivity index (χ2v) is 22.7. The Morgan fingerprint density at radius 2 is 0.562 bits per heavy atom. The first-order valence-electron chi connectivity index (χ1n) is 33.0. The topological polar surface area (TPSA) is 89.8 Å². The van der Waals surface area contributed by atoms with Gasteiger partial charge in [-0.1, -0.05) is 332 Å². The number of unbranched alkanes of at least 4 members (excludes halogenated alkanes) is 47. The third-order valence-corrected chi connectivity index (χ3v) is 15.4. The number of amides is 1. The van der Waals surface area contributed by atoms with Crippen LogP contribution in [0.4, 0.5) is 0 Å². The van der Waals surface area contributed by atoms with E-state index in [1.165, 1.54) is 289 Å². The zero-order chi connectivity index (χ0) is 52.9. The number of hydrogen-bond donors (Lipinski definition) is 4. The van der Waals surface area contributed by atoms with Crippen LogP contribution in [0, 0.1) is 0 Å². The van der Waals surface area contributed by atoms with Crippen LogP contribution in [0.5, 0.6) is 0 Å². The minimum Gasteiger partial charge on any atom is -0.394 e. The van der Waals surface area contributed by atoms with Gasteiger partial charge in [0, 0.05) is 0 Å². The third kappa shape index (κ3) is 57.8. The van der Waals surface area contributed by atoms with Gasteiger partial charge in [-0.15, -0.1) is 0 Å². The van der Waals surface area contributed by atoms with E-state index in [2.05, 4.69) is 55.6 Å². The van der Waals surface area contributed by atoms with E-state index in [4.69, 9.17) is 0 Å². The standard InChI is InChI=1S/C68H129NO4/c1-3-5-7-9-11-13-15-17-19-21-23-25-26-27-28-29-30-31-32-33-34-35-36-37-38-39-40-41-43-45-47-49-51-53-55-57-59-61-63-67(72)68(73)69-65(64-70)66(71)62-60-58-56-54-52-50-48-46-44-42-24-22-20-18-16-14-12-10-8-6-4-2/h33-34,44,46,52,54,60,62,65-67,70-72H,3-32,35-43,45,47-51,53,55-59,61,63-64H2,1-2H3,(H,69,73)/b34-33-,46-44+,54-52+,62-60+. The molecule has 0 heterocycles. The van der Waals surface area contributed by atoms with Gasteiger partial charge >= 0.3 is 0 Å². The van der Waals surface area contributed by atoms with Crippen molar-refractivity contribution in [1.82, 2.24) is 5.32 Å². The number of carbonyl (C=O) groups is 1. The quantitative estimate of drug-likeness (QED) is 0.0361. The Morgan fingerprint density at radius 3 is 0.836 bits per heavy atom. The van der Waals surface area contributed by atoms with E-state index < -0.39 is 24.2 Å². The molecular weight excluding hydrogens is 895 g/mol. The molecule has 0 bridgehead atoms. The van der Waals surface area contributed by atoms with Crippen molar-refractivity contribution in [2.75, 3.05) is 6.61 Å². The molecule has 0 spiro atoms. The molecule has 430 valence electrons. The van der Waals surface area contributed by atoms with E-state index in [-0.39, 0.29) is 6.61 Å². The lowest BCUT2D eigenvalue weighted by atomic mass is 10.0. The molecule has 0 aliphatic carbocycles. The number of nitrogens with one attached hydrogen (secondary N) is 1. The lowest BCUT2D eigenvalue weighted by Gasteiger charge is -2.21. The zero-order valence-electron chi connectivity index (χ0n) is 49.3. The van der Waals surface area contributed by atoms with Crippen molar-refractivity contribution in [2.24, 2.45) is 0 Å². The van der Waals surface area contributed by atoms with Crippen LogP contribution in [0.3, 0.4) is 0 Å². The molecule has 73 heavy (non-hydrogen) atoms. The van der Waals surface area contributed by atoms with Gasteiger partial charge in [-0.05, 0) is 70.6 Å². The number of rotatable bonds is 61. The fraction of sp³-hybridized carbons (Fsp3) is 0.868. The fourth-order valence-electron chi connectivity index (χ4n) is 10.3. The highest BCUT2D eigenvalue weighted by Crippen LogP contribution is 2.18. The Bertz CT molecular complexity index is 1180. The number of aliphatic hydroxyl groups is 3. The van der Waals surface area contributed by atoms with Crippen LogP contribution in [0.1, 0.15) is 354 Å². The van der Waals surface area contributed by atoms with Crippen molar-refractivity contribution in [3.63, 3.8) is 0 Å². The van der Waals surface area contributed by atoms with Crippen molar-refractivity contribution in [2.45, 2.75) is 372 Å². The van der Waals surface area contributed by atoms with Crippen molar-refractivity contribution in [3.05, 3.63) is 48.6 Å². The summed E-state index contributed by atoms with van der Waals surface area (Å²) < 4.78 is 0. The lowest BCUT2D eigenvalue weighted by Crippen LogP contribution is -2.48. The molecule has 4 N–H and O–H groups in total. The molecule has 0 aromatic carbocycles. The molecule has 0 saturated heterocycles. The number of carbonyl (C=O) groups excluding carboxylic acids is 1. The van der Waals surface area contributed by atoms with Gasteiger partial charge in [0.05, 0.1) is 18.8 Å². The van der Waals surface area contributed by atoms with Crippen LogP contribution in [0.15, 0.2) is 48.6 Å². The highest BCUT2D eigenvalue weighted by atomic mass is 16.3. The van der Waals surface area contributed by atoms with Gasteiger partial charge in [-0.2, -0.15) is 0 Å². The number of hydrogen-bond acceptors (Lipinski definition) is 4. The lowest BCUT2D eigenvalue weighted by molar-refractivity contribution is -0.131. The second-order valence-electron chi connectivity index (χ2n) is 22.7. The predicted octanol–water partition coefficient (Wildman–Crippen LogP) is 21.1.